The van der Waals surface area contributed by atoms with Crippen molar-refractivity contribution in [1.29, 1.82) is 0 Å². The maximum Gasteiger partial charge on any atom is 0.125 e. The predicted molar refractivity (Wildman–Crippen MR) is 73.7 cm³/mol. The number of hydrogen-bond donors (Lipinski definition) is 1. The molecule has 1 N–H and O–H groups in total. The van der Waals surface area contributed by atoms with Crippen LogP contribution in [0, 0.1) is 19.8 Å². The van der Waals surface area contributed by atoms with Gasteiger partial charge in [0.15, 0.2) is 0 Å². The highest BCUT2D eigenvalue weighted by atomic mass is 16.5. The fourth-order valence-corrected chi connectivity index (χ4v) is 1.75. The van der Waals surface area contributed by atoms with E-state index in [-0.39, 0.29) is 0 Å². The van der Waals surface area contributed by atoms with Gasteiger partial charge in [-0.05, 0) is 25.0 Å². The van der Waals surface area contributed by atoms with Crippen LogP contribution in [0.1, 0.15) is 31.9 Å². The third-order valence-electron chi connectivity index (χ3n) is 2.80. The van der Waals surface area contributed by atoms with Gasteiger partial charge >= 0.3 is 0 Å². The molecule has 0 aliphatic carbocycles. The molecular formula is C15H25NO. The molecule has 2 nitrogen and oxygen atoms in total. The molecule has 1 aromatic rings. The van der Waals surface area contributed by atoms with Crippen LogP contribution in [-0.2, 0) is 0 Å². The smallest absolute Gasteiger partial charge is 0.125 e. The molecule has 0 amide bonds. The molecule has 0 aliphatic rings. The Morgan fingerprint density at radius 1 is 1.12 bits per heavy atom. The van der Waals surface area contributed by atoms with Gasteiger partial charge in [-0.25, -0.2) is 0 Å². The summed E-state index contributed by atoms with van der Waals surface area (Å²) >= 11 is 0. The molecule has 1 rings (SSSR count). The molecule has 0 radical (unpaired) electrons. The second kappa shape index (κ2) is 6.65. The van der Waals surface area contributed by atoms with E-state index in [9.17, 15) is 0 Å². The van der Waals surface area contributed by atoms with Gasteiger partial charge in [0.05, 0.1) is 6.61 Å². The van der Waals surface area contributed by atoms with Crippen molar-refractivity contribution in [2.24, 2.45) is 5.92 Å². The lowest BCUT2D eigenvalue weighted by Crippen LogP contribution is -2.30. The fourth-order valence-electron chi connectivity index (χ4n) is 1.75. The topological polar surface area (TPSA) is 21.3 Å². The van der Waals surface area contributed by atoms with E-state index in [4.69, 9.17) is 4.74 Å². The van der Waals surface area contributed by atoms with Crippen LogP contribution in [-0.4, -0.2) is 19.2 Å². The average molecular weight is 235 g/mol. The molecule has 0 aliphatic heterocycles. The lowest BCUT2D eigenvalue weighted by atomic mass is 10.1. The lowest BCUT2D eigenvalue weighted by Gasteiger charge is -2.17. The zero-order valence-electron chi connectivity index (χ0n) is 11.7. The first kappa shape index (κ1) is 14.0. The second-order valence-electron chi connectivity index (χ2n) is 5.20. The summed E-state index contributed by atoms with van der Waals surface area (Å²) < 4.78 is 5.92. The Balaban J connectivity index is 2.44. The van der Waals surface area contributed by atoms with E-state index < -0.39 is 0 Å². The predicted octanol–water partition coefficient (Wildman–Crippen LogP) is 3.32. The van der Waals surface area contributed by atoms with Gasteiger partial charge in [-0.15, -0.1) is 0 Å². The lowest BCUT2D eigenvalue weighted by molar-refractivity contribution is 0.250. The first-order chi connectivity index (χ1) is 8.00. The van der Waals surface area contributed by atoms with E-state index in [2.05, 4.69) is 58.1 Å². The minimum Gasteiger partial charge on any atom is -0.493 e. The summed E-state index contributed by atoms with van der Waals surface area (Å²) in [5.74, 6) is 1.57. The van der Waals surface area contributed by atoms with E-state index in [1.54, 1.807) is 0 Å². The van der Waals surface area contributed by atoms with Gasteiger partial charge < -0.3 is 10.1 Å². The van der Waals surface area contributed by atoms with Crippen molar-refractivity contribution in [1.82, 2.24) is 5.32 Å². The van der Waals surface area contributed by atoms with Crippen molar-refractivity contribution in [3.05, 3.63) is 29.3 Å². The Bertz CT molecular complexity index is 327. The summed E-state index contributed by atoms with van der Waals surface area (Å²) in [6.45, 7) is 12.5. The molecule has 0 fully saturated rings. The van der Waals surface area contributed by atoms with E-state index in [1.807, 2.05) is 0 Å². The van der Waals surface area contributed by atoms with Gasteiger partial charge in [-0.3, -0.25) is 0 Å². The number of nitrogens with one attached hydrogen (secondary N) is 1. The summed E-state index contributed by atoms with van der Waals surface area (Å²) in [6.07, 6.45) is 0. The first-order valence-corrected chi connectivity index (χ1v) is 6.43. The zero-order chi connectivity index (χ0) is 12.8. The largest absolute Gasteiger partial charge is 0.493 e. The van der Waals surface area contributed by atoms with Crippen LogP contribution < -0.4 is 10.1 Å². The number of hydrogen-bond acceptors (Lipinski definition) is 2. The van der Waals surface area contributed by atoms with Crippen molar-refractivity contribution in [3.63, 3.8) is 0 Å². The van der Waals surface area contributed by atoms with E-state index in [0.717, 1.165) is 18.9 Å². The third-order valence-corrected chi connectivity index (χ3v) is 2.80. The van der Waals surface area contributed by atoms with Crippen molar-refractivity contribution >= 4 is 0 Å². The average Bonchev–Trinajstić information content (AvgIpc) is 2.25. The summed E-state index contributed by atoms with van der Waals surface area (Å²) in [6, 6.07) is 6.80. The molecule has 0 saturated heterocycles. The van der Waals surface area contributed by atoms with Crippen molar-refractivity contribution < 1.29 is 4.74 Å². The molecule has 0 heterocycles. The SMILES string of the molecule is Cc1cccc(C)c1OCC(C)CNC(C)C. The van der Waals surface area contributed by atoms with Crippen LogP contribution in [0.25, 0.3) is 0 Å². The molecule has 0 bridgehead atoms. The van der Waals surface area contributed by atoms with E-state index in [1.165, 1.54) is 11.1 Å². The summed E-state index contributed by atoms with van der Waals surface area (Å²) in [4.78, 5) is 0. The molecule has 0 saturated carbocycles. The number of para-hydroxylation sites is 1. The third kappa shape index (κ3) is 4.78. The monoisotopic (exact) mass is 235 g/mol. The van der Waals surface area contributed by atoms with Crippen LogP contribution in [0.2, 0.25) is 0 Å². The van der Waals surface area contributed by atoms with Gasteiger partial charge in [0, 0.05) is 18.5 Å². The quantitative estimate of drug-likeness (QED) is 0.816. The molecule has 0 spiro atoms. The Morgan fingerprint density at radius 3 is 2.24 bits per heavy atom. The number of aryl methyl sites for hydroxylation is 2. The minimum atomic E-state index is 0.524. The number of ether oxygens (including phenoxy) is 1. The standard InChI is InChI=1S/C15H25NO/c1-11(2)16-9-12(3)10-17-15-13(4)7-6-8-14(15)5/h6-8,11-12,16H,9-10H2,1-5H3. The van der Waals surface area contributed by atoms with Crippen LogP contribution in [0.5, 0.6) is 5.75 Å². The van der Waals surface area contributed by atoms with Crippen molar-refractivity contribution in [2.75, 3.05) is 13.2 Å². The highest BCUT2D eigenvalue weighted by molar-refractivity contribution is 5.39. The highest BCUT2D eigenvalue weighted by Gasteiger charge is 2.07. The van der Waals surface area contributed by atoms with Crippen molar-refractivity contribution in [2.45, 2.75) is 40.7 Å². The zero-order valence-corrected chi connectivity index (χ0v) is 11.7. The maximum absolute atomic E-state index is 5.92. The molecule has 0 aromatic heterocycles. The van der Waals surface area contributed by atoms with E-state index in [0.29, 0.717) is 12.0 Å². The highest BCUT2D eigenvalue weighted by Crippen LogP contribution is 2.22. The van der Waals surface area contributed by atoms with Gasteiger partial charge in [0.1, 0.15) is 5.75 Å². The van der Waals surface area contributed by atoms with Crippen LogP contribution in [0.15, 0.2) is 18.2 Å². The Labute approximate surface area is 105 Å². The molecule has 17 heavy (non-hydrogen) atoms. The minimum absolute atomic E-state index is 0.524. The fraction of sp³-hybridized carbons (Fsp3) is 0.600. The molecule has 1 aromatic carbocycles. The van der Waals surface area contributed by atoms with Gasteiger partial charge in [0.2, 0.25) is 0 Å². The summed E-state index contributed by atoms with van der Waals surface area (Å²) in [7, 11) is 0. The Kier molecular flexibility index (Phi) is 5.49. The molecule has 1 unspecified atom stereocenters. The molecular weight excluding hydrogens is 210 g/mol. The molecule has 1 atom stereocenters. The normalized spacial score (nSPS) is 12.8. The van der Waals surface area contributed by atoms with Crippen LogP contribution in [0.4, 0.5) is 0 Å². The Hall–Kier alpha value is -1.02. The van der Waals surface area contributed by atoms with Gasteiger partial charge in [0.25, 0.3) is 0 Å². The first-order valence-electron chi connectivity index (χ1n) is 6.43. The number of benzene rings is 1. The Morgan fingerprint density at radius 2 is 1.71 bits per heavy atom. The van der Waals surface area contributed by atoms with Gasteiger partial charge in [-0.1, -0.05) is 39.0 Å². The summed E-state index contributed by atoms with van der Waals surface area (Å²) in [5, 5.41) is 3.43. The number of rotatable bonds is 6. The summed E-state index contributed by atoms with van der Waals surface area (Å²) in [5.41, 5.74) is 2.43. The molecule has 96 valence electrons. The van der Waals surface area contributed by atoms with E-state index >= 15 is 0 Å². The second-order valence-corrected chi connectivity index (χ2v) is 5.20. The van der Waals surface area contributed by atoms with Crippen LogP contribution in [0.3, 0.4) is 0 Å². The van der Waals surface area contributed by atoms with Crippen molar-refractivity contribution in [3.8, 4) is 5.75 Å². The van der Waals surface area contributed by atoms with Gasteiger partial charge in [-0.2, -0.15) is 0 Å². The maximum atomic E-state index is 5.92. The van der Waals surface area contributed by atoms with Crippen LogP contribution >= 0.6 is 0 Å². The molecule has 2 heteroatoms.